The fourth-order valence-corrected chi connectivity index (χ4v) is 1.39. The summed E-state index contributed by atoms with van der Waals surface area (Å²) in [5.41, 5.74) is 0.906. The number of hydrogen-bond acceptors (Lipinski definition) is 1. The van der Waals surface area contributed by atoms with E-state index in [9.17, 15) is 4.79 Å². The lowest BCUT2D eigenvalue weighted by Crippen LogP contribution is -2.16. The largest absolute Gasteiger partial charge is 0.481 e. The number of allylic oxidation sites excluding steroid dienone is 2. The molecule has 0 aliphatic rings. The van der Waals surface area contributed by atoms with Crippen LogP contribution in [0.2, 0.25) is 0 Å². The summed E-state index contributed by atoms with van der Waals surface area (Å²) < 4.78 is 0. The van der Waals surface area contributed by atoms with Gasteiger partial charge in [0.2, 0.25) is 0 Å². The van der Waals surface area contributed by atoms with Crippen LogP contribution in [0, 0.1) is 5.41 Å². The number of hydrogen-bond donors (Lipinski definition) is 1. The first-order valence-electron chi connectivity index (χ1n) is 4.89. The van der Waals surface area contributed by atoms with Gasteiger partial charge in [0.25, 0.3) is 0 Å². The van der Waals surface area contributed by atoms with E-state index in [0.717, 1.165) is 24.8 Å². The van der Waals surface area contributed by atoms with Crippen LogP contribution in [-0.4, -0.2) is 11.1 Å². The van der Waals surface area contributed by atoms with E-state index in [1.165, 1.54) is 0 Å². The third-order valence-corrected chi connectivity index (χ3v) is 2.27. The van der Waals surface area contributed by atoms with E-state index < -0.39 is 5.97 Å². The molecule has 2 nitrogen and oxygen atoms in total. The van der Waals surface area contributed by atoms with Gasteiger partial charge in [0.15, 0.2) is 0 Å². The molecule has 0 aliphatic heterocycles. The van der Waals surface area contributed by atoms with Gasteiger partial charge in [-0.15, -0.1) is 0 Å². The summed E-state index contributed by atoms with van der Waals surface area (Å²) in [5, 5.41) is 8.67. The molecule has 0 amide bonds. The molecule has 14 heavy (non-hydrogen) atoms. The topological polar surface area (TPSA) is 37.3 Å². The second-order valence-electron chi connectivity index (χ2n) is 4.45. The molecule has 0 radical (unpaired) electrons. The predicted octanol–water partition coefficient (Wildman–Crippen LogP) is 3.40. The maximum absolute atomic E-state index is 10.5. The third-order valence-electron chi connectivity index (χ3n) is 2.27. The van der Waals surface area contributed by atoms with E-state index >= 15 is 0 Å². The van der Waals surface area contributed by atoms with Crippen LogP contribution in [-0.2, 0) is 4.79 Å². The van der Waals surface area contributed by atoms with Gasteiger partial charge in [0.1, 0.15) is 0 Å². The van der Waals surface area contributed by atoms with E-state index in [4.69, 9.17) is 5.11 Å². The summed E-state index contributed by atoms with van der Waals surface area (Å²) in [6.45, 7) is 11.4. The molecular formula is C12H20O2. The molecule has 0 rings (SSSR count). The minimum atomic E-state index is -0.724. The quantitative estimate of drug-likeness (QED) is 0.634. The van der Waals surface area contributed by atoms with Crippen molar-refractivity contribution in [3.63, 3.8) is 0 Å². The molecule has 0 atom stereocenters. The minimum Gasteiger partial charge on any atom is -0.481 e. The van der Waals surface area contributed by atoms with Crippen molar-refractivity contribution >= 4 is 5.97 Å². The molecule has 0 saturated carbocycles. The molecule has 0 heterocycles. The van der Waals surface area contributed by atoms with Crippen molar-refractivity contribution in [1.82, 2.24) is 0 Å². The molecule has 1 N–H and O–H groups in total. The lowest BCUT2D eigenvalue weighted by Gasteiger charge is -2.22. The molecule has 0 unspecified atom stereocenters. The molecule has 0 aliphatic carbocycles. The molecule has 0 fully saturated rings. The molecule has 0 aromatic carbocycles. The third kappa shape index (κ3) is 6.46. The number of rotatable bonds is 7. The van der Waals surface area contributed by atoms with Gasteiger partial charge in [-0.05, 0) is 24.7 Å². The van der Waals surface area contributed by atoms with Crippen LogP contribution in [0.5, 0.6) is 0 Å². The first-order valence-corrected chi connectivity index (χ1v) is 4.89. The number of aliphatic carboxylic acids is 1. The highest BCUT2D eigenvalue weighted by Crippen LogP contribution is 2.28. The van der Waals surface area contributed by atoms with Gasteiger partial charge in [-0.1, -0.05) is 38.7 Å². The van der Waals surface area contributed by atoms with E-state index in [2.05, 4.69) is 13.2 Å². The predicted molar refractivity (Wildman–Crippen MR) is 59.2 cm³/mol. The zero-order valence-electron chi connectivity index (χ0n) is 9.18. The second kappa shape index (κ2) is 5.63. The van der Waals surface area contributed by atoms with Crippen LogP contribution in [0.25, 0.3) is 0 Å². The van der Waals surface area contributed by atoms with Crippen LogP contribution in [0.15, 0.2) is 24.8 Å². The summed E-state index contributed by atoms with van der Waals surface area (Å²) in [6.07, 6.45) is 4.78. The maximum Gasteiger partial charge on any atom is 0.303 e. The second-order valence-corrected chi connectivity index (χ2v) is 4.45. The standard InChI is InChI=1S/C12H20O2/c1-5-10(2)7-6-8-12(3,4)9-11(13)14/h5H,1-2,6-9H2,3-4H3,(H,13,14). The average Bonchev–Trinajstić information content (AvgIpc) is 2.01. The fourth-order valence-electron chi connectivity index (χ4n) is 1.39. The lowest BCUT2D eigenvalue weighted by molar-refractivity contribution is -0.139. The highest BCUT2D eigenvalue weighted by Gasteiger charge is 2.20. The zero-order chi connectivity index (χ0) is 11.2. The number of carbonyl (C=O) groups is 1. The Kier molecular flexibility index (Phi) is 5.21. The van der Waals surface area contributed by atoms with E-state index in [0.29, 0.717) is 0 Å². The summed E-state index contributed by atoms with van der Waals surface area (Å²) in [5.74, 6) is -0.724. The SMILES string of the molecule is C=CC(=C)CCCC(C)(C)CC(=O)O. The van der Waals surface area contributed by atoms with Gasteiger partial charge in [0.05, 0.1) is 6.42 Å². The van der Waals surface area contributed by atoms with Gasteiger partial charge in [-0.25, -0.2) is 0 Å². The zero-order valence-corrected chi connectivity index (χ0v) is 9.18. The molecule has 0 spiro atoms. The van der Waals surface area contributed by atoms with Gasteiger partial charge >= 0.3 is 5.97 Å². The number of carboxylic acids is 1. The summed E-state index contributed by atoms with van der Waals surface area (Å²) >= 11 is 0. The Morgan fingerprint density at radius 1 is 1.50 bits per heavy atom. The van der Waals surface area contributed by atoms with Crippen LogP contribution in [0.3, 0.4) is 0 Å². The molecule has 0 aromatic heterocycles. The first kappa shape index (κ1) is 12.9. The Bertz CT molecular complexity index is 226. The first-order chi connectivity index (χ1) is 6.37. The summed E-state index contributed by atoms with van der Waals surface area (Å²) in [4.78, 5) is 10.5. The molecule has 0 saturated heterocycles. The van der Waals surface area contributed by atoms with Crippen LogP contribution in [0.1, 0.15) is 39.5 Å². The van der Waals surface area contributed by atoms with Crippen molar-refractivity contribution in [2.24, 2.45) is 5.41 Å². The van der Waals surface area contributed by atoms with Crippen molar-refractivity contribution in [1.29, 1.82) is 0 Å². The van der Waals surface area contributed by atoms with Gasteiger partial charge in [0, 0.05) is 0 Å². The van der Waals surface area contributed by atoms with Crippen molar-refractivity contribution in [3.8, 4) is 0 Å². The van der Waals surface area contributed by atoms with E-state index in [1.54, 1.807) is 6.08 Å². The molecule has 80 valence electrons. The fraction of sp³-hybridized carbons (Fsp3) is 0.583. The molecular weight excluding hydrogens is 176 g/mol. The lowest BCUT2D eigenvalue weighted by atomic mass is 9.83. The average molecular weight is 196 g/mol. The van der Waals surface area contributed by atoms with Crippen molar-refractivity contribution in [3.05, 3.63) is 24.8 Å². The Hall–Kier alpha value is -1.05. The highest BCUT2D eigenvalue weighted by atomic mass is 16.4. The molecule has 0 aromatic rings. The van der Waals surface area contributed by atoms with Crippen molar-refractivity contribution in [2.45, 2.75) is 39.5 Å². The van der Waals surface area contributed by atoms with Crippen LogP contribution >= 0.6 is 0 Å². The summed E-state index contributed by atoms with van der Waals surface area (Å²) in [7, 11) is 0. The van der Waals surface area contributed by atoms with Crippen molar-refractivity contribution < 1.29 is 9.90 Å². The monoisotopic (exact) mass is 196 g/mol. The smallest absolute Gasteiger partial charge is 0.303 e. The number of carboxylic acid groups (broad SMARTS) is 1. The van der Waals surface area contributed by atoms with E-state index in [-0.39, 0.29) is 11.8 Å². The Balaban J connectivity index is 3.81. The maximum atomic E-state index is 10.5. The molecule has 0 bridgehead atoms. The minimum absolute atomic E-state index is 0.118. The Morgan fingerprint density at radius 3 is 2.50 bits per heavy atom. The summed E-state index contributed by atoms with van der Waals surface area (Å²) in [6, 6.07) is 0. The van der Waals surface area contributed by atoms with Crippen LogP contribution in [0.4, 0.5) is 0 Å². The highest BCUT2D eigenvalue weighted by molar-refractivity contribution is 5.67. The van der Waals surface area contributed by atoms with Gasteiger partial charge in [-0.2, -0.15) is 0 Å². The van der Waals surface area contributed by atoms with Crippen LogP contribution < -0.4 is 0 Å². The van der Waals surface area contributed by atoms with Gasteiger partial charge < -0.3 is 5.11 Å². The molecule has 2 heteroatoms. The Labute approximate surface area is 86.3 Å². The normalized spacial score (nSPS) is 11.0. The van der Waals surface area contributed by atoms with Crippen molar-refractivity contribution in [2.75, 3.05) is 0 Å². The Morgan fingerprint density at radius 2 is 2.07 bits per heavy atom. The van der Waals surface area contributed by atoms with Gasteiger partial charge in [-0.3, -0.25) is 4.79 Å². The van der Waals surface area contributed by atoms with E-state index in [1.807, 2.05) is 13.8 Å².